The lowest BCUT2D eigenvalue weighted by molar-refractivity contribution is -0.121. The van der Waals surface area contributed by atoms with Crippen LogP contribution in [0.15, 0.2) is 18.2 Å². The number of nitrogens with one attached hydrogen (secondary N) is 1. The van der Waals surface area contributed by atoms with Crippen molar-refractivity contribution in [2.45, 2.75) is 39.7 Å². The summed E-state index contributed by atoms with van der Waals surface area (Å²) in [6.07, 6.45) is 1.29. The Bertz CT molecular complexity index is 526. The fraction of sp³-hybridized carbons (Fsp3) is 0.467. The molecule has 0 unspecified atom stereocenters. The summed E-state index contributed by atoms with van der Waals surface area (Å²) in [4.78, 5) is 25.3. The fourth-order valence-corrected chi connectivity index (χ4v) is 2.27. The zero-order chi connectivity index (χ0) is 14.7. The van der Waals surface area contributed by atoms with Crippen LogP contribution in [0.4, 0.5) is 11.4 Å². The molecular weight excluding hydrogens is 256 g/mol. The number of carbonyl (C=O) groups is 2. The zero-order valence-electron chi connectivity index (χ0n) is 12.1. The van der Waals surface area contributed by atoms with E-state index in [9.17, 15) is 9.59 Å². The molecule has 0 atom stereocenters. The van der Waals surface area contributed by atoms with Gasteiger partial charge in [-0.05, 0) is 38.5 Å². The minimum atomic E-state index is -0.0652. The second-order valence-electron chi connectivity index (χ2n) is 5.13. The van der Waals surface area contributed by atoms with Crippen LogP contribution in [0, 0.1) is 0 Å². The average molecular weight is 276 g/mol. The SMILES string of the molecule is CCCC(=O)Nc1ccc2c(c1)N(C(C)C)C(=O)CO2. The van der Waals surface area contributed by atoms with Crippen molar-refractivity contribution < 1.29 is 14.3 Å². The summed E-state index contributed by atoms with van der Waals surface area (Å²) in [7, 11) is 0. The number of fused-ring (bicyclic) bond motifs is 1. The molecule has 0 saturated carbocycles. The molecular formula is C15H20N2O3. The molecule has 2 amide bonds. The summed E-state index contributed by atoms with van der Waals surface area (Å²) in [5, 5.41) is 2.83. The summed E-state index contributed by atoms with van der Waals surface area (Å²) in [6, 6.07) is 5.42. The van der Waals surface area contributed by atoms with Gasteiger partial charge in [-0.1, -0.05) is 6.92 Å². The van der Waals surface area contributed by atoms with E-state index in [0.29, 0.717) is 23.5 Å². The largest absolute Gasteiger partial charge is 0.482 e. The Labute approximate surface area is 118 Å². The van der Waals surface area contributed by atoms with Crippen LogP contribution in [0.3, 0.4) is 0 Å². The lowest BCUT2D eigenvalue weighted by Crippen LogP contribution is -2.43. The highest BCUT2D eigenvalue weighted by Crippen LogP contribution is 2.35. The molecule has 1 aromatic rings. The first-order valence-electron chi connectivity index (χ1n) is 6.91. The second kappa shape index (κ2) is 5.94. The van der Waals surface area contributed by atoms with Crippen LogP contribution in [0.25, 0.3) is 0 Å². The molecule has 0 bridgehead atoms. The molecule has 0 radical (unpaired) electrons. The molecule has 0 aliphatic carbocycles. The van der Waals surface area contributed by atoms with E-state index in [0.717, 1.165) is 6.42 Å². The minimum Gasteiger partial charge on any atom is -0.482 e. The lowest BCUT2D eigenvalue weighted by Gasteiger charge is -2.32. The van der Waals surface area contributed by atoms with Crippen molar-refractivity contribution in [3.8, 4) is 5.75 Å². The van der Waals surface area contributed by atoms with Gasteiger partial charge in [0.15, 0.2) is 6.61 Å². The zero-order valence-corrected chi connectivity index (χ0v) is 12.1. The van der Waals surface area contributed by atoms with Crippen molar-refractivity contribution in [3.05, 3.63) is 18.2 Å². The van der Waals surface area contributed by atoms with Crippen molar-refractivity contribution in [1.29, 1.82) is 0 Å². The van der Waals surface area contributed by atoms with Gasteiger partial charge in [-0.15, -0.1) is 0 Å². The minimum absolute atomic E-state index is 0.0217. The number of hydrogen-bond acceptors (Lipinski definition) is 3. The molecule has 20 heavy (non-hydrogen) atoms. The maximum Gasteiger partial charge on any atom is 0.265 e. The summed E-state index contributed by atoms with van der Waals surface area (Å²) in [5.41, 5.74) is 1.40. The van der Waals surface area contributed by atoms with Gasteiger partial charge >= 0.3 is 0 Å². The molecule has 108 valence electrons. The van der Waals surface area contributed by atoms with Gasteiger partial charge in [0.1, 0.15) is 5.75 Å². The number of carbonyl (C=O) groups excluding carboxylic acids is 2. The lowest BCUT2D eigenvalue weighted by atomic mass is 10.1. The molecule has 5 nitrogen and oxygen atoms in total. The van der Waals surface area contributed by atoms with Crippen LogP contribution < -0.4 is 15.0 Å². The summed E-state index contributed by atoms with van der Waals surface area (Å²) in [5.74, 6) is 0.586. The van der Waals surface area contributed by atoms with Crippen LogP contribution >= 0.6 is 0 Å². The quantitative estimate of drug-likeness (QED) is 0.919. The van der Waals surface area contributed by atoms with Gasteiger partial charge in [0.2, 0.25) is 5.91 Å². The fourth-order valence-electron chi connectivity index (χ4n) is 2.27. The maximum absolute atomic E-state index is 11.9. The monoisotopic (exact) mass is 276 g/mol. The number of anilines is 2. The Kier molecular flexibility index (Phi) is 4.27. The highest BCUT2D eigenvalue weighted by molar-refractivity contribution is 6.00. The third-order valence-electron chi connectivity index (χ3n) is 3.12. The van der Waals surface area contributed by atoms with Crippen LogP contribution in [0.5, 0.6) is 5.75 Å². The van der Waals surface area contributed by atoms with Crippen LogP contribution in [0.2, 0.25) is 0 Å². The van der Waals surface area contributed by atoms with Gasteiger partial charge in [-0.25, -0.2) is 0 Å². The standard InChI is InChI=1S/C15H20N2O3/c1-4-5-14(18)16-11-6-7-13-12(8-11)17(10(2)3)15(19)9-20-13/h6-8,10H,4-5,9H2,1-3H3,(H,16,18). The Balaban J connectivity index is 2.28. The maximum atomic E-state index is 11.9. The van der Waals surface area contributed by atoms with Crippen LogP contribution in [-0.4, -0.2) is 24.5 Å². The van der Waals surface area contributed by atoms with Crippen molar-refractivity contribution in [1.82, 2.24) is 0 Å². The van der Waals surface area contributed by atoms with Gasteiger partial charge in [0.25, 0.3) is 5.91 Å². The molecule has 5 heteroatoms. The molecule has 0 fully saturated rings. The van der Waals surface area contributed by atoms with Crippen LogP contribution in [0.1, 0.15) is 33.6 Å². The Hall–Kier alpha value is -2.04. The normalized spacial score (nSPS) is 14.0. The number of nitrogens with zero attached hydrogens (tertiary/aromatic N) is 1. The highest BCUT2D eigenvalue weighted by Gasteiger charge is 2.27. The van der Waals surface area contributed by atoms with Gasteiger partial charge < -0.3 is 15.0 Å². The van der Waals surface area contributed by atoms with E-state index in [2.05, 4.69) is 5.32 Å². The Morgan fingerprint density at radius 2 is 2.20 bits per heavy atom. The molecule has 0 aromatic heterocycles. The van der Waals surface area contributed by atoms with E-state index >= 15 is 0 Å². The second-order valence-corrected chi connectivity index (χ2v) is 5.13. The number of amides is 2. The first kappa shape index (κ1) is 14.4. The number of ether oxygens (including phenoxy) is 1. The number of hydrogen-bond donors (Lipinski definition) is 1. The predicted molar refractivity (Wildman–Crippen MR) is 78.1 cm³/mol. The van der Waals surface area contributed by atoms with E-state index in [1.807, 2.05) is 20.8 Å². The summed E-state index contributed by atoms with van der Waals surface area (Å²) < 4.78 is 5.42. The topological polar surface area (TPSA) is 58.6 Å². The van der Waals surface area contributed by atoms with Crippen molar-refractivity contribution in [2.24, 2.45) is 0 Å². The molecule has 2 rings (SSSR count). The Morgan fingerprint density at radius 1 is 1.45 bits per heavy atom. The smallest absolute Gasteiger partial charge is 0.265 e. The third kappa shape index (κ3) is 2.92. The summed E-state index contributed by atoms with van der Waals surface area (Å²) >= 11 is 0. The van der Waals surface area contributed by atoms with Gasteiger partial charge in [-0.2, -0.15) is 0 Å². The average Bonchev–Trinajstić information content (AvgIpc) is 2.38. The summed E-state index contributed by atoms with van der Waals surface area (Å²) in [6.45, 7) is 5.93. The van der Waals surface area contributed by atoms with Crippen molar-refractivity contribution >= 4 is 23.2 Å². The van der Waals surface area contributed by atoms with Gasteiger partial charge in [-0.3, -0.25) is 9.59 Å². The molecule has 0 saturated heterocycles. The van der Waals surface area contributed by atoms with E-state index in [4.69, 9.17) is 4.74 Å². The molecule has 1 aliphatic rings. The third-order valence-corrected chi connectivity index (χ3v) is 3.12. The van der Waals surface area contributed by atoms with Crippen LogP contribution in [-0.2, 0) is 9.59 Å². The highest BCUT2D eigenvalue weighted by atomic mass is 16.5. The Morgan fingerprint density at radius 3 is 2.85 bits per heavy atom. The van der Waals surface area contributed by atoms with Gasteiger partial charge in [0, 0.05) is 18.2 Å². The molecule has 1 heterocycles. The van der Waals surface area contributed by atoms with E-state index in [1.165, 1.54) is 0 Å². The number of benzene rings is 1. The van der Waals surface area contributed by atoms with Crippen molar-refractivity contribution in [3.63, 3.8) is 0 Å². The molecule has 0 spiro atoms. The van der Waals surface area contributed by atoms with Crippen molar-refractivity contribution in [2.75, 3.05) is 16.8 Å². The first-order valence-corrected chi connectivity index (χ1v) is 6.91. The van der Waals surface area contributed by atoms with E-state index in [1.54, 1.807) is 23.1 Å². The molecule has 1 aliphatic heterocycles. The first-order chi connectivity index (χ1) is 9.52. The van der Waals surface area contributed by atoms with Gasteiger partial charge in [0.05, 0.1) is 5.69 Å². The molecule has 1 aromatic carbocycles. The van der Waals surface area contributed by atoms with E-state index in [-0.39, 0.29) is 24.5 Å². The predicted octanol–water partition coefficient (Wildman–Crippen LogP) is 2.56. The van der Waals surface area contributed by atoms with E-state index < -0.39 is 0 Å². The number of rotatable bonds is 4. The molecule has 1 N–H and O–H groups in total.